The fourth-order valence-corrected chi connectivity index (χ4v) is 4.21. The van der Waals surface area contributed by atoms with E-state index in [1.807, 2.05) is 24.0 Å². The van der Waals surface area contributed by atoms with Crippen LogP contribution in [0.15, 0.2) is 12.1 Å². The van der Waals surface area contributed by atoms with Gasteiger partial charge in [0.05, 0.1) is 11.8 Å². The number of likely N-dealkylation sites (tertiary alicyclic amines) is 1. The van der Waals surface area contributed by atoms with Crippen molar-refractivity contribution < 1.29 is 14.6 Å². The molecule has 0 radical (unpaired) electrons. The van der Waals surface area contributed by atoms with Crippen molar-refractivity contribution in [3.63, 3.8) is 0 Å². The minimum atomic E-state index is -0.403. The predicted molar refractivity (Wildman–Crippen MR) is 104 cm³/mol. The molecule has 2 atom stereocenters. The van der Waals surface area contributed by atoms with Gasteiger partial charge in [-0.1, -0.05) is 13.8 Å². The molecule has 2 saturated heterocycles. The number of carbonyl (C=O) groups excluding carboxylic acids is 1. The molecule has 7 heteroatoms. The fourth-order valence-electron chi connectivity index (χ4n) is 4.21. The number of hydrogen-bond acceptors (Lipinski definition) is 6. The molecule has 2 aliphatic rings. The van der Waals surface area contributed by atoms with E-state index in [0.29, 0.717) is 32.0 Å². The average molecular weight is 377 g/mol. The molecule has 7 nitrogen and oxygen atoms in total. The van der Waals surface area contributed by atoms with Gasteiger partial charge in [-0.3, -0.25) is 4.79 Å². The Labute approximate surface area is 161 Å². The van der Waals surface area contributed by atoms with Gasteiger partial charge in [-0.2, -0.15) is 5.10 Å². The van der Waals surface area contributed by atoms with Crippen LogP contribution < -0.4 is 4.90 Å². The normalized spacial score (nSPS) is 26.0. The van der Waals surface area contributed by atoms with Gasteiger partial charge in [0, 0.05) is 38.2 Å². The summed E-state index contributed by atoms with van der Waals surface area (Å²) in [5, 5.41) is 19.6. The van der Waals surface area contributed by atoms with Crippen molar-refractivity contribution >= 4 is 11.7 Å². The summed E-state index contributed by atoms with van der Waals surface area (Å²) in [4.78, 5) is 16.5. The fraction of sp³-hybridized carbons (Fsp3) is 0.750. The summed E-state index contributed by atoms with van der Waals surface area (Å²) in [6, 6.07) is 4.05. The van der Waals surface area contributed by atoms with E-state index in [4.69, 9.17) is 4.74 Å². The molecular formula is C20H32N4O3. The molecule has 1 amide bonds. The second-order valence-corrected chi connectivity index (χ2v) is 8.12. The number of rotatable bonds is 5. The predicted octanol–water partition coefficient (Wildman–Crippen LogP) is 1.82. The van der Waals surface area contributed by atoms with Crippen LogP contribution in [0, 0.1) is 5.41 Å². The standard InChI is InChI=1S/C20H32N4O3/c1-4-27-12-19(26)24-10-5-9-20(14-24)13-23(11-8-17(20)25)18-7-6-16(15(2)3)21-22-18/h6-7,15,17,25H,4-5,8-14H2,1-3H3/t17-,20-/m1/s1. The van der Waals surface area contributed by atoms with Gasteiger partial charge < -0.3 is 19.6 Å². The molecule has 0 bridgehead atoms. The summed E-state index contributed by atoms with van der Waals surface area (Å²) in [6.07, 6.45) is 2.10. The molecule has 150 valence electrons. The molecule has 0 aliphatic carbocycles. The first-order valence-electron chi connectivity index (χ1n) is 10.1. The highest BCUT2D eigenvalue weighted by atomic mass is 16.5. The first-order valence-corrected chi connectivity index (χ1v) is 10.1. The summed E-state index contributed by atoms with van der Waals surface area (Å²) >= 11 is 0. The molecule has 3 heterocycles. The number of ether oxygens (including phenoxy) is 1. The molecule has 1 N–H and O–H groups in total. The highest BCUT2D eigenvalue weighted by Crippen LogP contribution is 2.39. The molecule has 0 unspecified atom stereocenters. The highest BCUT2D eigenvalue weighted by Gasteiger charge is 2.46. The summed E-state index contributed by atoms with van der Waals surface area (Å²) in [5.74, 6) is 1.22. The Hall–Kier alpha value is -1.73. The van der Waals surface area contributed by atoms with Crippen molar-refractivity contribution in [1.29, 1.82) is 0 Å². The number of anilines is 1. The minimum absolute atomic E-state index is 0.0151. The Bertz CT molecular complexity index is 637. The Balaban J connectivity index is 1.73. The van der Waals surface area contributed by atoms with Crippen molar-refractivity contribution in [2.75, 3.05) is 44.3 Å². The lowest BCUT2D eigenvalue weighted by Gasteiger charge is -2.51. The Morgan fingerprint density at radius 2 is 2.15 bits per heavy atom. The number of hydrogen-bond donors (Lipinski definition) is 1. The lowest BCUT2D eigenvalue weighted by atomic mass is 9.71. The summed E-state index contributed by atoms with van der Waals surface area (Å²) < 4.78 is 5.29. The van der Waals surface area contributed by atoms with Crippen LogP contribution in [0.1, 0.15) is 51.6 Å². The van der Waals surface area contributed by atoms with E-state index in [-0.39, 0.29) is 17.9 Å². The molecule has 1 aromatic rings. The van der Waals surface area contributed by atoms with Gasteiger partial charge in [0.25, 0.3) is 0 Å². The van der Waals surface area contributed by atoms with E-state index in [9.17, 15) is 9.90 Å². The highest BCUT2D eigenvalue weighted by molar-refractivity contribution is 5.77. The first kappa shape index (κ1) is 20.0. The SMILES string of the molecule is CCOCC(=O)N1CCC[C@]2(C1)CN(c1ccc(C(C)C)nn1)CC[C@H]2O. The second kappa shape index (κ2) is 8.52. The molecule has 0 aromatic carbocycles. The van der Waals surface area contributed by atoms with Crippen LogP contribution in [-0.2, 0) is 9.53 Å². The monoisotopic (exact) mass is 376 g/mol. The molecule has 3 rings (SSSR count). The number of piperidine rings is 2. The number of aliphatic hydroxyl groups excluding tert-OH is 1. The maximum absolute atomic E-state index is 12.4. The first-order chi connectivity index (χ1) is 12.9. The van der Waals surface area contributed by atoms with Crippen LogP contribution in [0.3, 0.4) is 0 Å². The van der Waals surface area contributed by atoms with Crippen molar-refractivity contribution in [2.45, 2.75) is 52.1 Å². The lowest BCUT2D eigenvalue weighted by molar-refractivity contribution is -0.142. The van der Waals surface area contributed by atoms with Crippen molar-refractivity contribution in [2.24, 2.45) is 5.41 Å². The lowest BCUT2D eigenvalue weighted by Crippen LogP contribution is -2.60. The zero-order valence-corrected chi connectivity index (χ0v) is 16.7. The van der Waals surface area contributed by atoms with Crippen LogP contribution in [0.2, 0.25) is 0 Å². The molecule has 1 aromatic heterocycles. The molecule has 2 aliphatic heterocycles. The van der Waals surface area contributed by atoms with E-state index in [1.54, 1.807) is 0 Å². The van der Waals surface area contributed by atoms with Crippen molar-refractivity contribution in [1.82, 2.24) is 15.1 Å². The summed E-state index contributed by atoms with van der Waals surface area (Å²) in [5.41, 5.74) is 0.674. The van der Waals surface area contributed by atoms with Crippen LogP contribution in [0.5, 0.6) is 0 Å². The Morgan fingerprint density at radius 3 is 2.81 bits per heavy atom. The van der Waals surface area contributed by atoms with Gasteiger partial charge in [-0.15, -0.1) is 5.10 Å². The summed E-state index contributed by atoms with van der Waals surface area (Å²) in [7, 11) is 0. The van der Waals surface area contributed by atoms with Gasteiger partial charge in [0.15, 0.2) is 5.82 Å². The quantitative estimate of drug-likeness (QED) is 0.844. The van der Waals surface area contributed by atoms with Crippen molar-refractivity contribution in [3.05, 3.63) is 17.8 Å². The van der Waals surface area contributed by atoms with E-state index < -0.39 is 6.10 Å². The van der Waals surface area contributed by atoms with Crippen molar-refractivity contribution in [3.8, 4) is 0 Å². The average Bonchev–Trinajstić information content (AvgIpc) is 2.68. The molecule has 27 heavy (non-hydrogen) atoms. The maximum atomic E-state index is 12.4. The minimum Gasteiger partial charge on any atom is -0.392 e. The largest absolute Gasteiger partial charge is 0.392 e. The number of nitrogens with zero attached hydrogens (tertiary/aromatic N) is 4. The second-order valence-electron chi connectivity index (χ2n) is 8.12. The molecule has 1 spiro atoms. The van der Waals surface area contributed by atoms with Crippen LogP contribution in [0.25, 0.3) is 0 Å². The maximum Gasteiger partial charge on any atom is 0.248 e. The molecule has 0 saturated carbocycles. The number of aromatic nitrogens is 2. The third-order valence-electron chi connectivity index (χ3n) is 5.86. The van der Waals surface area contributed by atoms with E-state index in [1.165, 1.54) is 0 Å². The van der Waals surface area contributed by atoms with Crippen LogP contribution in [0.4, 0.5) is 5.82 Å². The summed E-state index contributed by atoms with van der Waals surface area (Å²) in [6.45, 7) is 9.52. The van der Waals surface area contributed by atoms with Gasteiger partial charge in [-0.25, -0.2) is 0 Å². The van der Waals surface area contributed by atoms with Gasteiger partial charge in [0.1, 0.15) is 6.61 Å². The van der Waals surface area contributed by atoms with Crippen LogP contribution >= 0.6 is 0 Å². The van der Waals surface area contributed by atoms with Crippen LogP contribution in [-0.4, -0.2) is 71.6 Å². The topological polar surface area (TPSA) is 78.8 Å². The zero-order valence-electron chi connectivity index (χ0n) is 16.7. The van der Waals surface area contributed by atoms with Gasteiger partial charge >= 0.3 is 0 Å². The van der Waals surface area contributed by atoms with Gasteiger partial charge in [0.2, 0.25) is 5.91 Å². The van der Waals surface area contributed by atoms with E-state index >= 15 is 0 Å². The number of carbonyl (C=O) groups is 1. The Kier molecular flexibility index (Phi) is 6.32. The zero-order chi connectivity index (χ0) is 19.4. The smallest absolute Gasteiger partial charge is 0.248 e. The number of aliphatic hydroxyl groups is 1. The third kappa shape index (κ3) is 4.41. The van der Waals surface area contributed by atoms with E-state index in [2.05, 4.69) is 28.9 Å². The molecular weight excluding hydrogens is 344 g/mol. The number of amides is 1. The third-order valence-corrected chi connectivity index (χ3v) is 5.86. The molecule has 2 fully saturated rings. The van der Waals surface area contributed by atoms with Gasteiger partial charge in [-0.05, 0) is 44.2 Å². The Morgan fingerprint density at radius 1 is 1.33 bits per heavy atom. The van der Waals surface area contributed by atoms with E-state index in [0.717, 1.165) is 37.4 Å².